The number of carbonyl (C=O) groups excluding carboxylic acids is 2. The molecule has 0 spiro atoms. The first-order chi connectivity index (χ1) is 30.6. The molecule has 5 heteroatoms. The predicted octanol–water partition coefficient (Wildman–Crippen LogP) is 18.3. The Labute approximate surface area is 386 Å². The van der Waals surface area contributed by atoms with E-state index < -0.39 is 6.10 Å². The number of rotatable bonds is 50. The summed E-state index contributed by atoms with van der Waals surface area (Å²) in [6, 6.07) is 0. The average Bonchev–Trinajstić information content (AvgIpc) is 3.27. The van der Waals surface area contributed by atoms with Gasteiger partial charge < -0.3 is 14.2 Å². The molecule has 0 rings (SSSR count). The molecule has 0 amide bonds. The van der Waals surface area contributed by atoms with E-state index in [4.69, 9.17) is 14.2 Å². The molecule has 1 atom stereocenters. The number of hydrogen-bond acceptors (Lipinski definition) is 5. The van der Waals surface area contributed by atoms with E-state index in [1.807, 2.05) is 0 Å². The van der Waals surface area contributed by atoms with E-state index >= 15 is 0 Å². The first-order valence-corrected chi connectivity index (χ1v) is 27.2. The Balaban J connectivity index is 4.22. The van der Waals surface area contributed by atoms with E-state index in [0.717, 1.165) is 51.4 Å². The lowest BCUT2D eigenvalue weighted by molar-refractivity contribution is -0.163. The molecule has 1 unspecified atom stereocenters. The molecular weight excluding hydrogens is 765 g/mol. The van der Waals surface area contributed by atoms with Gasteiger partial charge in [0.2, 0.25) is 0 Å². The minimum atomic E-state index is -0.540. The third-order valence-corrected chi connectivity index (χ3v) is 11.8. The van der Waals surface area contributed by atoms with Crippen LogP contribution in [0.5, 0.6) is 0 Å². The first-order valence-electron chi connectivity index (χ1n) is 27.2. The Bertz CT molecular complexity index is 1030. The van der Waals surface area contributed by atoms with Crippen LogP contribution in [0.1, 0.15) is 278 Å². The zero-order chi connectivity index (χ0) is 44.9. The van der Waals surface area contributed by atoms with Crippen molar-refractivity contribution in [3.05, 3.63) is 48.6 Å². The summed E-state index contributed by atoms with van der Waals surface area (Å²) in [5.41, 5.74) is 0. The molecular formula is C57H104O5. The average molecular weight is 869 g/mol. The lowest BCUT2D eigenvalue weighted by Gasteiger charge is -2.18. The van der Waals surface area contributed by atoms with Gasteiger partial charge in [-0.15, -0.1) is 0 Å². The first kappa shape index (κ1) is 59.9. The van der Waals surface area contributed by atoms with Crippen molar-refractivity contribution in [2.45, 2.75) is 284 Å². The monoisotopic (exact) mass is 869 g/mol. The molecule has 0 aromatic rings. The Morgan fingerprint density at radius 3 is 1.10 bits per heavy atom. The standard InChI is InChI=1S/C57H104O5/c1-4-7-10-13-16-19-22-24-26-28-29-30-31-33-36-38-41-44-47-50-56(58)61-54-55(62-57(59)51-48-45-42-39-35-21-18-15-12-9-6-3)53-60-52-49-46-43-40-37-34-32-27-25-23-20-17-14-11-8-5-2/h16-17,19-20,24-27,55H,4-15,18,21-23,28-54H2,1-3H3/b19-16-,20-17-,26-24-,27-25-. The minimum absolute atomic E-state index is 0.0818. The third kappa shape index (κ3) is 50.5. The van der Waals surface area contributed by atoms with Gasteiger partial charge in [0.15, 0.2) is 6.10 Å². The summed E-state index contributed by atoms with van der Waals surface area (Å²) in [6.07, 6.45) is 65.5. The molecule has 0 N–H and O–H groups in total. The fourth-order valence-electron chi connectivity index (χ4n) is 7.75. The van der Waals surface area contributed by atoms with E-state index in [9.17, 15) is 9.59 Å². The molecule has 62 heavy (non-hydrogen) atoms. The van der Waals surface area contributed by atoms with Crippen LogP contribution < -0.4 is 0 Å². The molecule has 0 aromatic heterocycles. The van der Waals surface area contributed by atoms with Gasteiger partial charge in [-0.2, -0.15) is 0 Å². The van der Waals surface area contributed by atoms with E-state index in [1.54, 1.807) is 0 Å². The largest absolute Gasteiger partial charge is 0.462 e. The van der Waals surface area contributed by atoms with Crippen molar-refractivity contribution in [2.75, 3.05) is 19.8 Å². The topological polar surface area (TPSA) is 61.8 Å². The highest BCUT2D eigenvalue weighted by atomic mass is 16.6. The second kappa shape index (κ2) is 53.2. The second-order valence-electron chi connectivity index (χ2n) is 18.1. The maximum Gasteiger partial charge on any atom is 0.306 e. The maximum absolute atomic E-state index is 12.8. The van der Waals surface area contributed by atoms with Gasteiger partial charge in [-0.3, -0.25) is 9.59 Å². The van der Waals surface area contributed by atoms with Gasteiger partial charge in [0, 0.05) is 19.4 Å². The van der Waals surface area contributed by atoms with Gasteiger partial charge in [-0.1, -0.05) is 230 Å². The number of unbranched alkanes of at least 4 members (excludes halogenated alkanes) is 31. The fourth-order valence-corrected chi connectivity index (χ4v) is 7.75. The smallest absolute Gasteiger partial charge is 0.306 e. The Hall–Kier alpha value is -2.14. The van der Waals surface area contributed by atoms with Gasteiger partial charge >= 0.3 is 11.9 Å². The SMILES string of the molecule is CCCCC/C=C\C/C=C\CCCCCCCCCCCC(=O)OCC(COCCCCCCCC/C=C\C/C=C\CCCCC)OC(=O)CCCCCCCCCCCCC. The van der Waals surface area contributed by atoms with Crippen molar-refractivity contribution in [2.24, 2.45) is 0 Å². The summed E-state index contributed by atoms with van der Waals surface area (Å²) in [4.78, 5) is 25.4. The molecule has 0 aliphatic heterocycles. The number of carbonyl (C=O) groups is 2. The maximum atomic E-state index is 12.8. The molecule has 0 fully saturated rings. The van der Waals surface area contributed by atoms with Crippen LogP contribution in [0, 0.1) is 0 Å². The van der Waals surface area contributed by atoms with Crippen LogP contribution >= 0.6 is 0 Å². The second-order valence-corrected chi connectivity index (χ2v) is 18.1. The Kier molecular flexibility index (Phi) is 51.4. The number of hydrogen-bond donors (Lipinski definition) is 0. The van der Waals surface area contributed by atoms with E-state index in [-0.39, 0.29) is 25.2 Å². The van der Waals surface area contributed by atoms with E-state index in [1.165, 1.54) is 193 Å². The summed E-state index contributed by atoms with van der Waals surface area (Å²) >= 11 is 0. The summed E-state index contributed by atoms with van der Waals surface area (Å²) in [6.45, 7) is 7.78. The van der Waals surface area contributed by atoms with Gasteiger partial charge in [0.1, 0.15) is 6.61 Å². The van der Waals surface area contributed by atoms with Crippen LogP contribution in [-0.4, -0.2) is 37.9 Å². The van der Waals surface area contributed by atoms with Gasteiger partial charge in [0.05, 0.1) is 6.61 Å². The molecule has 0 aliphatic carbocycles. The lowest BCUT2D eigenvalue weighted by atomic mass is 10.1. The van der Waals surface area contributed by atoms with Crippen molar-refractivity contribution in [1.82, 2.24) is 0 Å². The molecule has 0 aromatic carbocycles. The fraction of sp³-hybridized carbons (Fsp3) is 0.825. The van der Waals surface area contributed by atoms with Crippen LogP contribution in [0.2, 0.25) is 0 Å². The van der Waals surface area contributed by atoms with Crippen molar-refractivity contribution < 1.29 is 23.8 Å². The molecule has 0 heterocycles. The van der Waals surface area contributed by atoms with Crippen molar-refractivity contribution in [3.8, 4) is 0 Å². The van der Waals surface area contributed by atoms with Gasteiger partial charge in [-0.25, -0.2) is 0 Å². The quantitative estimate of drug-likeness (QED) is 0.0346. The normalized spacial score (nSPS) is 12.5. The predicted molar refractivity (Wildman–Crippen MR) is 270 cm³/mol. The van der Waals surface area contributed by atoms with Crippen LogP contribution in [0.25, 0.3) is 0 Å². The molecule has 5 nitrogen and oxygen atoms in total. The number of allylic oxidation sites excluding steroid dienone is 8. The number of esters is 2. The highest BCUT2D eigenvalue weighted by Crippen LogP contribution is 2.15. The molecule has 0 saturated heterocycles. The van der Waals surface area contributed by atoms with E-state index in [2.05, 4.69) is 69.4 Å². The zero-order valence-corrected chi connectivity index (χ0v) is 41.6. The summed E-state index contributed by atoms with van der Waals surface area (Å²) < 4.78 is 17.4. The highest BCUT2D eigenvalue weighted by Gasteiger charge is 2.17. The van der Waals surface area contributed by atoms with Crippen molar-refractivity contribution >= 4 is 11.9 Å². The molecule has 0 saturated carbocycles. The van der Waals surface area contributed by atoms with Crippen LogP contribution in [0.4, 0.5) is 0 Å². The molecule has 0 radical (unpaired) electrons. The van der Waals surface area contributed by atoms with E-state index in [0.29, 0.717) is 19.4 Å². The molecule has 0 aliphatic rings. The van der Waals surface area contributed by atoms with Gasteiger partial charge in [-0.05, 0) is 83.5 Å². The minimum Gasteiger partial charge on any atom is -0.462 e. The summed E-state index contributed by atoms with van der Waals surface area (Å²) in [7, 11) is 0. The third-order valence-electron chi connectivity index (χ3n) is 11.8. The summed E-state index contributed by atoms with van der Waals surface area (Å²) in [5.74, 6) is -0.397. The Morgan fingerprint density at radius 1 is 0.355 bits per heavy atom. The summed E-state index contributed by atoms with van der Waals surface area (Å²) in [5, 5.41) is 0. The van der Waals surface area contributed by atoms with Gasteiger partial charge in [0.25, 0.3) is 0 Å². The van der Waals surface area contributed by atoms with Crippen molar-refractivity contribution in [3.63, 3.8) is 0 Å². The number of ether oxygens (including phenoxy) is 3. The Morgan fingerprint density at radius 2 is 0.677 bits per heavy atom. The van der Waals surface area contributed by atoms with Crippen molar-refractivity contribution in [1.29, 1.82) is 0 Å². The molecule has 0 bridgehead atoms. The lowest BCUT2D eigenvalue weighted by Crippen LogP contribution is -2.30. The van der Waals surface area contributed by atoms with Crippen LogP contribution in [-0.2, 0) is 23.8 Å². The highest BCUT2D eigenvalue weighted by molar-refractivity contribution is 5.70. The molecule has 362 valence electrons. The van der Waals surface area contributed by atoms with Crippen LogP contribution in [0.3, 0.4) is 0 Å². The zero-order valence-electron chi connectivity index (χ0n) is 41.6. The van der Waals surface area contributed by atoms with Crippen LogP contribution in [0.15, 0.2) is 48.6 Å².